The molecule has 0 aliphatic carbocycles. The van der Waals surface area contributed by atoms with Gasteiger partial charge in [-0.2, -0.15) is 4.98 Å². The zero-order valence-corrected chi connectivity index (χ0v) is 16.2. The first kappa shape index (κ1) is 19.2. The van der Waals surface area contributed by atoms with E-state index in [2.05, 4.69) is 45.0 Å². The first-order valence-corrected chi connectivity index (χ1v) is 9.32. The molecule has 1 aromatic heterocycles. The van der Waals surface area contributed by atoms with Crippen LogP contribution in [0.25, 0.3) is 0 Å². The van der Waals surface area contributed by atoms with Crippen LogP contribution in [0.15, 0.2) is 27.8 Å². The molecule has 2 N–H and O–H groups in total. The zero-order valence-electron chi connectivity index (χ0n) is 16.2. The molecule has 8 heteroatoms. The van der Waals surface area contributed by atoms with Crippen molar-refractivity contribution in [3.63, 3.8) is 0 Å². The van der Waals surface area contributed by atoms with Crippen LogP contribution in [0.1, 0.15) is 36.7 Å². The summed E-state index contributed by atoms with van der Waals surface area (Å²) >= 11 is 0. The number of hydrogen-bond acceptors (Lipinski definition) is 7. The Morgan fingerprint density at radius 3 is 2.59 bits per heavy atom. The summed E-state index contributed by atoms with van der Waals surface area (Å²) in [6.07, 6.45) is 0.995. The number of benzene rings is 1. The summed E-state index contributed by atoms with van der Waals surface area (Å²) in [5, 5.41) is 15.2. The minimum absolute atomic E-state index is 0.00450. The number of amidine groups is 1. The summed E-state index contributed by atoms with van der Waals surface area (Å²) in [5.41, 5.74) is 10.2. The number of piperazine rings is 1. The van der Waals surface area contributed by atoms with Crippen molar-refractivity contribution in [2.24, 2.45) is 11.0 Å². The van der Waals surface area contributed by atoms with Gasteiger partial charge in [0.2, 0.25) is 5.89 Å². The standard InChI is InChI=1S/C19H27N7O/c1-13(2)10-15-4-5-16(19(20)23-21)17(11-15)26-8-6-25(7-9-26)12-18-22-14(3)24-27-18/h4-5,11,13,20-21H,6-10,12H2,1-3H3. The van der Waals surface area contributed by atoms with Crippen molar-refractivity contribution < 1.29 is 4.52 Å². The lowest BCUT2D eigenvalue weighted by molar-refractivity contribution is 0.215. The van der Waals surface area contributed by atoms with Crippen LogP contribution in [0.3, 0.4) is 0 Å². The van der Waals surface area contributed by atoms with E-state index < -0.39 is 0 Å². The largest absolute Gasteiger partial charge is 0.368 e. The average Bonchev–Trinajstić information content (AvgIpc) is 3.06. The fourth-order valence-corrected chi connectivity index (χ4v) is 3.44. The fraction of sp³-hybridized carbons (Fsp3) is 0.526. The third-order valence-corrected chi connectivity index (χ3v) is 4.71. The third-order valence-electron chi connectivity index (χ3n) is 4.71. The first-order chi connectivity index (χ1) is 13.0. The molecule has 2 heterocycles. The molecule has 8 nitrogen and oxygen atoms in total. The molecule has 0 bridgehead atoms. The summed E-state index contributed by atoms with van der Waals surface area (Å²) in [6, 6.07) is 6.14. The first-order valence-electron chi connectivity index (χ1n) is 9.32. The topological polar surface area (TPSA) is 105 Å². The maximum atomic E-state index is 8.02. The van der Waals surface area contributed by atoms with Gasteiger partial charge >= 0.3 is 0 Å². The third kappa shape index (κ3) is 4.77. The number of anilines is 1. The van der Waals surface area contributed by atoms with Crippen molar-refractivity contribution >= 4 is 11.5 Å². The average molecular weight is 369 g/mol. The van der Waals surface area contributed by atoms with Crippen molar-refractivity contribution in [2.45, 2.75) is 33.7 Å². The highest BCUT2D eigenvalue weighted by atomic mass is 16.5. The van der Waals surface area contributed by atoms with E-state index in [0.29, 0.717) is 24.2 Å². The monoisotopic (exact) mass is 369 g/mol. The minimum Gasteiger partial charge on any atom is -0.368 e. The van der Waals surface area contributed by atoms with E-state index in [9.17, 15) is 0 Å². The van der Waals surface area contributed by atoms with E-state index in [-0.39, 0.29) is 5.84 Å². The van der Waals surface area contributed by atoms with Crippen LogP contribution in [0, 0.1) is 23.8 Å². The number of rotatable bonds is 6. The van der Waals surface area contributed by atoms with E-state index in [4.69, 9.17) is 15.5 Å². The Bertz CT molecular complexity index is 806. The van der Waals surface area contributed by atoms with Gasteiger partial charge in [-0.1, -0.05) is 25.1 Å². The van der Waals surface area contributed by atoms with Crippen LogP contribution in [-0.4, -0.2) is 47.1 Å². The second kappa shape index (κ2) is 8.39. The van der Waals surface area contributed by atoms with E-state index >= 15 is 0 Å². The normalized spacial score (nSPS) is 15.3. The lowest BCUT2D eigenvalue weighted by Crippen LogP contribution is -2.46. The molecule has 0 amide bonds. The van der Waals surface area contributed by atoms with Gasteiger partial charge in [0.1, 0.15) is 0 Å². The predicted octanol–water partition coefficient (Wildman–Crippen LogP) is 3.26. The Hall–Kier alpha value is -2.61. The zero-order chi connectivity index (χ0) is 19.4. The van der Waals surface area contributed by atoms with Gasteiger partial charge < -0.3 is 9.42 Å². The molecular weight excluding hydrogens is 342 g/mol. The van der Waals surface area contributed by atoms with Crippen LogP contribution in [0.5, 0.6) is 0 Å². The Morgan fingerprint density at radius 1 is 1.26 bits per heavy atom. The van der Waals surface area contributed by atoms with Crippen molar-refractivity contribution in [2.75, 3.05) is 31.1 Å². The van der Waals surface area contributed by atoms with E-state index in [1.807, 2.05) is 19.1 Å². The van der Waals surface area contributed by atoms with Gasteiger partial charge in [-0.15, -0.1) is 5.11 Å². The molecule has 144 valence electrons. The number of nitrogens with zero attached hydrogens (tertiary/aromatic N) is 5. The van der Waals surface area contributed by atoms with Crippen LogP contribution in [0.2, 0.25) is 0 Å². The lowest BCUT2D eigenvalue weighted by atomic mass is 9.99. The molecule has 0 atom stereocenters. The molecule has 0 radical (unpaired) electrons. The second-order valence-corrected chi connectivity index (χ2v) is 7.41. The summed E-state index contributed by atoms with van der Waals surface area (Å²) in [7, 11) is 0. The quantitative estimate of drug-likeness (QED) is 0.462. The van der Waals surface area contributed by atoms with E-state index in [1.165, 1.54) is 5.56 Å². The Balaban J connectivity index is 1.73. The molecule has 1 aliphatic rings. The van der Waals surface area contributed by atoms with Gasteiger partial charge in [-0.3, -0.25) is 10.3 Å². The Labute approximate surface area is 159 Å². The van der Waals surface area contributed by atoms with Crippen molar-refractivity contribution in [3.8, 4) is 0 Å². The van der Waals surface area contributed by atoms with Crippen LogP contribution >= 0.6 is 0 Å². The molecule has 1 fully saturated rings. The SMILES string of the molecule is Cc1noc(CN2CCN(c3cc(CC(C)C)ccc3C(=N)N=N)CC2)n1. The predicted molar refractivity (Wildman–Crippen MR) is 103 cm³/mol. The highest BCUT2D eigenvalue weighted by Gasteiger charge is 2.22. The summed E-state index contributed by atoms with van der Waals surface area (Å²) in [5.74, 6) is 1.88. The smallest absolute Gasteiger partial charge is 0.240 e. The van der Waals surface area contributed by atoms with Gasteiger partial charge in [0.25, 0.3) is 0 Å². The van der Waals surface area contributed by atoms with E-state index in [1.54, 1.807) is 0 Å². The number of hydrogen-bond donors (Lipinski definition) is 2. The molecule has 1 aromatic carbocycles. The molecular formula is C19H27N7O. The maximum absolute atomic E-state index is 8.02. The minimum atomic E-state index is 0.00450. The van der Waals surface area contributed by atoms with Crippen LogP contribution in [0.4, 0.5) is 5.69 Å². The molecule has 27 heavy (non-hydrogen) atoms. The Morgan fingerprint density at radius 2 is 2.00 bits per heavy atom. The summed E-state index contributed by atoms with van der Waals surface area (Å²) < 4.78 is 5.22. The maximum Gasteiger partial charge on any atom is 0.240 e. The van der Waals surface area contributed by atoms with Crippen molar-refractivity contribution in [1.29, 1.82) is 10.9 Å². The second-order valence-electron chi connectivity index (χ2n) is 7.41. The van der Waals surface area contributed by atoms with Gasteiger partial charge in [0, 0.05) is 37.4 Å². The van der Waals surface area contributed by atoms with Crippen molar-refractivity contribution in [1.82, 2.24) is 15.0 Å². The molecule has 3 rings (SSSR count). The highest BCUT2D eigenvalue weighted by molar-refractivity contribution is 6.01. The van der Waals surface area contributed by atoms with E-state index in [0.717, 1.165) is 43.9 Å². The lowest BCUT2D eigenvalue weighted by Gasteiger charge is -2.36. The molecule has 0 spiro atoms. The van der Waals surface area contributed by atoms with Crippen LogP contribution in [-0.2, 0) is 13.0 Å². The molecule has 0 saturated carbocycles. The number of aromatic nitrogens is 2. The number of nitrogens with one attached hydrogen (secondary N) is 2. The Kier molecular flexibility index (Phi) is 5.95. The van der Waals surface area contributed by atoms with Crippen LogP contribution < -0.4 is 4.90 Å². The van der Waals surface area contributed by atoms with Crippen molar-refractivity contribution in [3.05, 3.63) is 41.0 Å². The molecule has 1 saturated heterocycles. The molecule has 1 aliphatic heterocycles. The van der Waals surface area contributed by atoms with Gasteiger partial charge in [0.15, 0.2) is 11.7 Å². The molecule has 2 aromatic rings. The molecule has 0 unspecified atom stereocenters. The highest BCUT2D eigenvalue weighted by Crippen LogP contribution is 2.26. The van der Waals surface area contributed by atoms with Gasteiger partial charge in [0.05, 0.1) is 6.54 Å². The van der Waals surface area contributed by atoms with Gasteiger partial charge in [-0.05, 0) is 37.0 Å². The summed E-state index contributed by atoms with van der Waals surface area (Å²) in [4.78, 5) is 8.85. The van der Waals surface area contributed by atoms with Gasteiger partial charge in [-0.25, -0.2) is 5.53 Å². The number of aryl methyl sites for hydroxylation is 1. The fourth-order valence-electron chi connectivity index (χ4n) is 3.44. The summed E-state index contributed by atoms with van der Waals surface area (Å²) in [6.45, 7) is 10.3.